The Bertz CT molecular complexity index is 351. The van der Waals surface area contributed by atoms with Gasteiger partial charge in [-0.1, -0.05) is 0 Å². The predicted molar refractivity (Wildman–Crippen MR) is 71.8 cm³/mol. The molecule has 0 aliphatic carbocycles. The molecule has 0 amide bonds. The van der Waals surface area contributed by atoms with E-state index in [2.05, 4.69) is 32.3 Å². The lowest BCUT2D eigenvalue weighted by Gasteiger charge is -2.21. The number of halogens is 1. The Hall–Kier alpha value is 0.1000. The largest absolute Gasteiger partial charge is 0.390 e. The molecule has 1 unspecified atom stereocenters. The molecule has 1 aliphatic rings. The lowest BCUT2D eigenvalue weighted by Crippen LogP contribution is -2.27. The van der Waals surface area contributed by atoms with Crippen molar-refractivity contribution in [3.8, 4) is 0 Å². The zero-order valence-electron chi connectivity index (χ0n) is 9.58. The Morgan fingerprint density at radius 2 is 2.31 bits per heavy atom. The van der Waals surface area contributed by atoms with Crippen molar-refractivity contribution in [2.24, 2.45) is 0 Å². The van der Waals surface area contributed by atoms with Crippen LogP contribution in [-0.2, 0) is 6.54 Å². The van der Waals surface area contributed by atoms with E-state index in [1.807, 2.05) is 6.92 Å². The first-order valence-corrected chi connectivity index (χ1v) is 7.40. The molecule has 1 aromatic heterocycles. The maximum Gasteiger partial charge on any atom is 0.0632 e. The van der Waals surface area contributed by atoms with E-state index in [0.29, 0.717) is 0 Å². The topological polar surface area (TPSA) is 23.5 Å². The van der Waals surface area contributed by atoms with Crippen molar-refractivity contribution in [1.82, 2.24) is 4.90 Å². The molecular weight excluding hydrogens is 286 g/mol. The molecule has 0 saturated carbocycles. The summed E-state index contributed by atoms with van der Waals surface area (Å²) < 4.78 is 1.18. The average molecular weight is 304 g/mol. The minimum absolute atomic E-state index is 0.454. The molecule has 4 heteroatoms. The highest BCUT2D eigenvalue weighted by Gasteiger charge is 2.24. The van der Waals surface area contributed by atoms with Crippen LogP contribution in [0.25, 0.3) is 0 Å². The summed E-state index contributed by atoms with van der Waals surface area (Å²) in [6.07, 6.45) is 2.91. The van der Waals surface area contributed by atoms with Gasteiger partial charge in [0.2, 0.25) is 0 Å². The van der Waals surface area contributed by atoms with Gasteiger partial charge >= 0.3 is 0 Å². The van der Waals surface area contributed by atoms with Crippen molar-refractivity contribution in [3.05, 3.63) is 20.8 Å². The van der Waals surface area contributed by atoms with Crippen LogP contribution in [0.15, 0.2) is 15.9 Å². The van der Waals surface area contributed by atoms with Crippen molar-refractivity contribution < 1.29 is 5.11 Å². The van der Waals surface area contributed by atoms with Gasteiger partial charge < -0.3 is 5.11 Å². The molecule has 0 bridgehead atoms. The first-order valence-electron chi connectivity index (χ1n) is 5.73. The van der Waals surface area contributed by atoms with Crippen LogP contribution in [0.3, 0.4) is 0 Å². The predicted octanol–water partition coefficient (Wildman–Crippen LogP) is 3.25. The zero-order valence-corrected chi connectivity index (χ0v) is 12.0. The summed E-state index contributed by atoms with van der Waals surface area (Å²) in [6, 6.07) is 2.19. The van der Waals surface area contributed by atoms with E-state index in [1.165, 1.54) is 9.35 Å². The van der Waals surface area contributed by atoms with Gasteiger partial charge in [-0.2, -0.15) is 0 Å². The number of aliphatic hydroxyl groups is 1. The molecular formula is C12H18BrNOS. The van der Waals surface area contributed by atoms with Gasteiger partial charge in [0, 0.05) is 27.8 Å². The Kier molecular flexibility index (Phi) is 4.06. The van der Waals surface area contributed by atoms with Crippen LogP contribution >= 0.6 is 27.3 Å². The average Bonchev–Trinajstić information content (AvgIpc) is 2.52. The molecule has 16 heavy (non-hydrogen) atoms. The molecule has 90 valence electrons. The van der Waals surface area contributed by atoms with Crippen molar-refractivity contribution in [2.75, 3.05) is 13.1 Å². The van der Waals surface area contributed by atoms with Crippen LogP contribution in [-0.4, -0.2) is 28.7 Å². The van der Waals surface area contributed by atoms with E-state index in [-0.39, 0.29) is 0 Å². The standard InChI is InChI=1S/C12H18BrNOS/c1-12(15)3-2-5-14(6-4-12)8-11-7-10(13)9-16-11/h7,9,15H,2-6,8H2,1H3. The van der Waals surface area contributed by atoms with E-state index < -0.39 is 5.60 Å². The lowest BCUT2D eigenvalue weighted by molar-refractivity contribution is 0.0444. The van der Waals surface area contributed by atoms with Gasteiger partial charge in [-0.25, -0.2) is 0 Å². The molecule has 0 radical (unpaired) electrons. The van der Waals surface area contributed by atoms with Crippen LogP contribution in [0, 0.1) is 0 Å². The summed E-state index contributed by atoms with van der Waals surface area (Å²) in [5.74, 6) is 0. The number of hydrogen-bond donors (Lipinski definition) is 1. The SMILES string of the molecule is CC1(O)CCCN(Cc2cc(Br)cs2)CC1. The van der Waals surface area contributed by atoms with Crippen LogP contribution < -0.4 is 0 Å². The number of likely N-dealkylation sites (tertiary alicyclic amines) is 1. The van der Waals surface area contributed by atoms with Crippen molar-refractivity contribution in [2.45, 2.75) is 38.3 Å². The fourth-order valence-electron chi connectivity index (χ4n) is 2.13. The normalized spacial score (nSPS) is 27.9. The molecule has 2 heterocycles. The third-order valence-corrected chi connectivity index (χ3v) is 4.84. The fraction of sp³-hybridized carbons (Fsp3) is 0.667. The highest BCUT2D eigenvalue weighted by atomic mass is 79.9. The summed E-state index contributed by atoms with van der Waals surface area (Å²) in [7, 11) is 0. The highest BCUT2D eigenvalue weighted by molar-refractivity contribution is 9.10. The van der Waals surface area contributed by atoms with Crippen LogP contribution in [0.4, 0.5) is 0 Å². The Morgan fingerprint density at radius 1 is 1.50 bits per heavy atom. The van der Waals surface area contributed by atoms with Crippen molar-refractivity contribution in [3.63, 3.8) is 0 Å². The van der Waals surface area contributed by atoms with E-state index in [0.717, 1.165) is 38.9 Å². The highest BCUT2D eigenvalue weighted by Crippen LogP contribution is 2.25. The summed E-state index contributed by atoms with van der Waals surface area (Å²) in [4.78, 5) is 3.84. The first-order chi connectivity index (χ1) is 7.55. The summed E-state index contributed by atoms with van der Waals surface area (Å²) in [6.45, 7) is 5.08. The van der Waals surface area contributed by atoms with Gasteiger partial charge in [-0.3, -0.25) is 4.90 Å². The Balaban J connectivity index is 1.91. The Morgan fingerprint density at radius 3 is 3.00 bits per heavy atom. The van der Waals surface area contributed by atoms with Crippen LogP contribution in [0.5, 0.6) is 0 Å². The number of hydrogen-bond acceptors (Lipinski definition) is 3. The van der Waals surface area contributed by atoms with Gasteiger partial charge in [-0.05, 0) is 54.7 Å². The second kappa shape index (κ2) is 5.17. The molecule has 2 rings (SSSR count). The second-order valence-corrected chi connectivity index (χ2v) is 6.77. The fourth-order valence-corrected chi connectivity index (χ4v) is 3.63. The summed E-state index contributed by atoms with van der Waals surface area (Å²) in [5, 5.41) is 12.1. The minimum Gasteiger partial charge on any atom is -0.390 e. The smallest absolute Gasteiger partial charge is 0.0632 e. The van der Waals surface area contributed by atoms with Gasteiger partial charge in [0.05, 0.1) is 5.60 Å². The van der Waals surface area contributed by atoms with E-state index in [9.17, 15) is 5.11 Å². The van der Waals surface area contributed by atoms with Gasteiger partial charge in [0.25, 0.3) is 0 Å². The molecule has 1 aromatic rings. The van der Waals surface area contributed by atoms with Crippen LogP contribution in [0.2, 0.25) is 0 Å². The molecule has 2 nitrogen and oxygen atoms in total. The second-order valence-electron chi connectivity index (χ2n) is 4.86. The van der Waals surface area contributed by atoms with Gasteiger partial charge in [0.15, 0.2) is 0 Å². The quantitative estimate of drug-likeness (QED) is 0.906. The maximum atomic E-state index is 10.0. The molecule has 0 aromatic carbocycles. The monoisotopic (exact) mass is 303 g/mol. The lowest BCUT2D eigenvalue weighted by atomic mass is 9.98. The van der Waals surface area contributed by atoms with E-state index >= 15 is 0 Å². The maximum absolute atomic E-state index is 10.0. The molecule has 1 fully saturated rings. The van der Waals surface area contributed by atoms with Gasteiger partial charge in [-0.15, -0.1) is 11.3 Å². The molecule has 1 atom stereocenters. The van der Waals surface area contributed by atoms with Gasteiger partial charge in [0.1, 0.15) is 0 Å². The summed E-state index contributed by atoms with van der Waals surface area (Å²) >= 11 is 5.28. The number of thiophene rings is 1. The third kappa shape index (κ3) is 3.55. The molecule has 1 N–H and O–H groups in total. The molecule has 1 saturated heterocycles. The molecule has 0 spiro atoms. The Labute approximate surface area is 109 Å². The first kappa shape index (κ1) is 12.6. The molecule has 1 aliphatic heterocycles. The third-order valence-electron chi connectivity index (χ3n) is 3.16. The van der Waals surface area contributed by atoms with Crippen molar-refractivity contribution in [1.29, 1.82) is 0 Å². The zero-order chi connectivity index (χ0) is 11.6. The minimum atomic E-state index is -0.454. The van der Waals surface area contributed by atoms with Crippen molar-refractivity contribution >= 4 is 27.3 Å². The summed E-state index contributed by atoms with van der Waals surface area (Å²) in [5.41, 5.74) is -0.454. The van der Waals surface area contributed by atoms with E-state index in [4.69, 9.17) is 0 Å². The van der Waals surface area contributed by atoms with Crippen LogP contribution in [0.1, 0.15) is 31.1 Å². The van der Waals surface area contributed by atoms with E-state index in [1.54, 1.807) is 11.3 Å². The number of nitrogens with zero attached hydrogens (tertiary/aromatic N) is 1. The number of rotatable bonds is 2.